The van der Waals surface area contributed by atoms with Gasteiger partial charge < -0.3 is 0 Å². The van der Waals surface area contributed by atoms with Crippen LogP contribution in [0.4, 0.5) is 0 Å². The zero-order valence-electron chi connectivity index (χ0n) is 5.92. The first kappa shape index (κ1) is 5.29. The van der Waals surface area contributed by atoms with Gasteiger partial charge in [0.15, 0.2) is 0 Å². The molecule has 0 saturated carbocycles. The molecule has 0 heterocycles. The molecule has 1 nitrogen and oxygen atoms in total. The summed E-state index contributed by atoms with van der Waals surface area (Å²) in [4.78, 5) is 9.81. The third kappa shape index (κ3) is 5.15. The molecule has 0 aliphatic carbocycles. The number of carbonyl (C=O) groups is 1. The van der Waals surface area contributed by atoms with Crippen LogP contribution >= 0.6 is 0 Å². The molecule has 0 radical (unpaired) electrons. The van der Waals surface area contributed by atoms with Gasteiger partial charge in [-0.15, -0.1) is 0 Å². The Morgan fingerprint density at radius 1 is 1.62 bits per heavy atom. The van der Waals surface area contributed by atoms with Crippen LogP contribution in [0.25, 0.3) is 0 Å². The number of hydrogen-bond donors (Lipinski definition) is 0. The van der Waals surface area contributed by atoms with Gasteiger partial charge in [0.05, 0.1) is 1.37 Å². The molecule has 44 valence electrons. The van der Waals surface area contributed by atoms with Crippen molar-refractivity contribution in [2.24, 2.45) is 0 Å². The summed E-state index contributed by atoms with van der Waals surface area (Å²) in [7, 11) is 0. The van der Waals surface area contributed by atoms with Crippen molar-refractivity contribution >= 4 is 6.29 Å². The van der Waals surface area contributed by atoms with Gasteiger partial charge in [0.2, 0.25) is 0 Å². The quantitative estimate of drug-likeness (QED) is 0.308. The second-order valence-corrected chi connectivity index (χ2v) is 1.29. The average Bonchev–Trinajstić information content (AvgIpc) is 1.89. The van der Waals surface area contributed by atoms with E-state index in [9.17, 15) is 4.79 Å². The van der Waals surface area contributed by atoms with Crippen molar-refractivity contribution in [1.82, 2.24) is 0 Å². The van der Waals surface area contributed by atoms with Crippen molar-refractivity contribution < 1.29 is 6.17 Å². The maximum atomic E-state index is 9.81. The molecule has 0 spiro atoms. The first-order chi connectivity index (χ1) is 4.31. The molecule has 0 aromatic rings. The van der Waals surface area contributed by atoms with Crippen LogP contribution in [0.3, 0.4) is 0 Å². The molecular formula is C7H10O. The summed E-state index contributed by atoms with van der Waals surface area (Å²) >= 11 is 0. The number of hydrogen-bond acceptors (Lipinski definition) is 1. The molecule has 0 amide bonds. The smallest absolute Gasteiger partial charge is 0.142 e. The average molecular weight is 111 g/mol. The Morgan fingerprint density at radius 3 is 2.88 bits per heavy atom. The van der Waals surface area contributed by atoms with Gasteiger partial charge in [-0.2, -0.15) is 0 Å². The Morgan fingerprint density at radius 2 is 2.38 bits per heavy atom. The fraction of sp³-hybridized carbons (Fsp3) is 0.286. The van der Waals surface area contributed by atoms with Gasteiger partial charge in [0.25, 0.3) is 0 Å². The van der Waals surface area contributed by atoms with Gasteiger partial charge in [-0.1, -0.05) is 25.2 Å². The second kappa shape index (κ2) is 6.15. The number of rotatable bonds is 3. The van der Waals surface area contributed by atoms with E-state index in [4.69, 9.17) is 1.37 Å². The van der Waals surface area contributed by atoms with Crippen LogP contribution in [0.2, 0.25) is 0 Å². The Balaban J connectivity index is 3.68. The van der Waals surface area contributed by atoms with Gasteiger partial charge >= 0.3 is 0 Å². The van der Waals surface area contributed by atoms with E-state index in [0.717, 1.165) is 6.42 Å². The van der Waals surface area contributed by atoms with Crippen LogP contribution in [0.15, 0.2) is 24.3 Å². The summed E-state index contributed by atoms with van der Waals surface area (Å²) in [6.45, 7) is 1.99. The van der Waals surface area contributed by atoms with Crippen LogP contribution < -0.4 is 0 Å². The Bertz CT molecular complexity index is 136. The predicted molar refractivity (Wildman–Crippen MR) is 34.6 cm³/mol. The molecule has 0 aromatic carbocycles. The summed E-state index contributed by atoms with van der Waals surface area (Å²) in [6.07, 6.45) is 6.51. The minimum atomic E-state index is 0.0136. The molecule has 0 saturated heterocycles. The van der Waals surface area contributed by atoms with E-state index in [1.807, 2.05) is 13.0 Å². The lowest BCUT2D eigenvalue weighted by Crippen LogP contribution is -1.56. The molecule has 0 aliphatic heterocycles. The topological polar surface area (TPSA) is 17.1 Å². The summed E-state index contributed by atoms with van der Waals surface area (Å²) in [5.74, 6) is 0. The van der Waals surface area contributed by atoms with Crippen LogP contribution in [0, 0.1) is 0 Å². The molecule has 0 rings (SSSR count). The van der Waals surface area contributed by atoms with Gasteiger partial charge in [-0.05, 0) is 12.5 Å². The van der Waals surface area contributed by atoms with Crippen LogP contribution in [0.5, 0.6) is 0 Å². The van der Waals surface area contributed by atoms with E-state index in [1.165, 1.54) is 6.08 Å². The molecule has 0 unspecified atom stereocenters. The number of aldehydes is 1. The van der Waals surface area contributed by atoms with Crippen molar-refractivity contribution in [3.8, 4) is 0 Å². The number of carbonyl (C=O) groups excluding carboxylic acids is 1. The highest BCUT2D eigenvalue weighted by Gasteiger charge is 1.61. The lowest BCUT2D eigenvalue weighted by atomic mass is 10.4. The van der Waals surface area contributed by atoms with Crippen molar-refractivity contribution in [1.29, 1.82) is 0 Å². The zero-order chi connectivity index (χ0) is 7.11. The standard InChI is InChI=1S/C7H10O/c1-2-3-4-5-6-7-8/h3-7H,2H2,1H3/b4-3+,6-5+/i6D. The van der Waals surface area contributed by atoms with E-state index in [-0.39, 0.29) is 6.05 Å². The molecule has 0 bridgehead atoms. The van der Waals surface area contributed by atoms with E-state index in [1.54, 1.807) is 6.08 Å². The maximum Gasteiger partial charge on any atom is 0.142 e. The first-order valence-electron chi connectivity index (χ1n) is 3.10. The summed E-state index contributed by atoms with van der Waals surface area (Å²) in [5, 5.41) is 0. The van der Waals surface area contributed by atoms with Gasteiger partial charge in [0, 0.05) is 0 Å². The van der Waals surface area contributed by atoms with Gasteiger partial charge in [-0.3, -0.25) is 4.79 Å². The lowest BCUT2D eigenvalue weighted by molar-refractivity contribution is -0.104. The van der Waals surface area contributed by atoms with Crippen molar-refractivity contribution in [3.05, 3.63) is 24.3 Å². The van der Waals surface area contributed by atoms with E-state index in [2.05, 4.69) is 0 Å². The van der Waals surface area contributed by atoms with Crippen molar-refractivity contribution in [2.75, 3.05) is 0 Å². The minimum absolute atomic E-state index is 0.0136. The first-order valence-corrected chi connectivity index (χ1v) is 2.60. The summed E-state index contributed by atoms with van der Waals surface area (Å²) in [5.41, 5.74) is 0. The van der Waals surface area contributed by atoms with Crippen LogP contribution in [0.1, 0.15) is 14.7 Å². The number of allylic oxidation sites excluding steroid dienone is 4. The lowest BCUT2D eigenvalue weighted by Gasteiger charge is -1.70. The molecule has 0 aliphatic rings. The highest BCUT2D eigenvalue weighted by atomic mass is 16.1. The third-order valence-corrected chi connectivity index (χ3v) is 0.632. The molecule has 1 heteroatoms. The third-order valence-electron chi connectivity index (χ3n) is 0.632. The molecule has 0 atom stereocenters. The van der Waals surface area contributed by atoms with E-state index >= 15 is 0 Å². The van der Waals surface area contributed by atoms with Gasteiger partial charge in [-0.25, -0.2) is 0 Å². The maximum absolute atomic E-state index is 9.81. The largest absolute Gasteiger partial charge is 0.299 e. The van der Waals surface area contributed by atoms with Crippen molar-refractivity contribution in [2.45, 2.75) is 13.3 Å². The Labute approximate surface area is 51.1 Å². The fourth-order valence-corrected chi connectivity index (χ4v) is 0.299. The van der Waals surface area contributed by atoms with Crippen LogP contribution in [-0.2, 0) is 4.79 Å². The molecule has 0 fully saturated rings. The predicted octanol–water partition coefficient (Wildman–Crippen LogP) is 1.71. The van der Waals surface area contributed by atoms with Crippen LogP contribution in [-0.4, -0.2) is 6.29 Å². The monoisotopic (exact) mass is 111 g/mol. The Kier molecular flexibility index (Phi) is 4.07. The normalized spacial score (nSPS) is 14.1. The zero-order valence-corrected chi connectivity index (χ0v) is 4.92. The second-order valence-electron chi connectivity index (χ2n) is 1.29. The molecule has 8 heavy (non-hydrogen) atoms. The highest BCUT2D eigenvalue weighted by Crippen LogP contribution is 1.79. The molecular weight excluding hydrogens is 100 g/mol. The highest BCUT2D eigenvalue weighted by molar-refractivity contribution is 5.65. The summed E-state index contributed by atoms with van der Waals surface area (Å²) in [6, 6.07) is 0.0136. The van der Waals surface area contributed by atoms with Crippen molar-refractivity contribution in [3.63, 3.8) is 0 Å². The van der Waals surface area contributed by atoms with Gasteiger partial charge in [0.1, 0.15) is 6.29 Å². The Hall–Kier alpha value is -0.850. The fourth-order valence-electron chi connectivity index (χ4n) is 0.299. The minimum Gasteiger partial charge on any atom is -0.299 e. The molecule has 0 aromatic heterocycles. The summed E-state index contributed by atoms with van der Waals surface area (Å²) < 4.78 is 6.84. The molecule has 0 N–H and O–H groups in total. The van der Waals surface area contributed by atoms with E-state index < -0.39 is 0 Å². The SMILES string of the molecule is [2H]/C(C=O)=C\C=C\CC. The van der Waals surface area contributed by atoms with E-state index in [0.29, 0.717) is 6.29 Å².